The van der Waals surface area contributed by atoms with Crippen LogP contribution in [0.15, 0.2) is 18.2 Å². The fourth-order valence-corrected chi connectivity index (χ4v) is 2.60. The lowest BCUT2D eigenvalue weighted by Gasteiger charge is -2.37. The number of carbonyl (C=O) groups excluding carboxylic acids is 2. The number of primary amides is 1. The monoisotopic (exact) mass is 276 g/mol. The first-order valence-electron chi connectivity index (χ1n) is 6.80. The number of rotatable bonds is 2. The molecular weight excluding hydrogens is 256 g/mol. The summed E-state index contributed by atoms with van der Waals surface area (Å²) in [5.41, 5.74) is 6.53. The van der Waals surface area contributed by atoms with Gasteiger partial charge in [-0.2, -0.15) is 0 Å². The molecule has 1 aromatic carbocycles. The molecule has 2 unspecified atom stereocenters. The molecule has 0 aromatic heterocycles. The molecule has 0 bridgehead atoms. The van der Waals surface area contributed by atoms with Crippen LogP contribution in [0.5, 0.6) is 5.75 Å². The van der Waals surface area contributed by atoms with E-state index in [0.717, 1.165) is 12.0 Å². The molecule has 0 aliphatic carbocycles. The van der Waals surface area contributed by atoms with Crippen LogP contribution in [0.2, 0.25) is 0 Å². The van der Waals surface area contributed by atoms with E-state index >= 15 is 0 Å². The molecule has 5 nitrogen and oxygen atoms in total. The number of nitrogens with zero attached hydrogens (tertiary/aromatic N) is 1. The number of carbonyl (C=O) groups is 2. The van der Waals surface area contributed by atoms with Gasteiger partial charge in [-0.15, -0.1) is 0 Å². The van der Waals surface area contributed by atoms with Gasteiger partial charge in [0.25, 0.3) is 5.91 Å². The van der Waals surface area contributed by atoms with E-state index in [1.54, 1.807) is 17.0 Å². The molecule has 2 rings (SSSR count). The predicted octanol–water partition coefficient (Wildman–Crippen LogP) is 1.43. The van der Waals surface area contributed by atoms with Crippen LogP contribution in [0.25, 0.3) is 0 Å². The van der Waals surface area contributed by atoms with Crippen LogP contribution in [0.3, 0.4) is 0 Å². The van der Waals surface area contributed by atoms with Gasteiger partial charge in [-0.05, 0) is 38.8 Å². The standard InChI is InChI=1S/C15H20N2O3/c1-9-3-6-13(18)12(7-9)15(20)17-8-11(14(16)19)5-4-10(17)2/h3,6-7,10-11,18H,4-5,8H2,1-2H3,(H2,16,19). The smallest absolute Gasteiger partial charge is 0.257 e. The van der Waals surface area contributed by atoms with E-state index in [9.17, 15) is 14.7 Å². The van der Waals surface area contributed by atoms with Crippen LogP contribution >= 0.6 is 0 Å². The zero-order chi connectivity index (χ0) is 14.9. The summed E-state index contributed by atoms with van der Waals surface area (Å²) in [4.78, 5) is 25.5. The highest BCUT2D eigenvalue weighted by atomic mass is 16.3. The van der Waals surface area contributed by atoms with Gasteiger partial charge in [0.1, 0.15) is 5.75 Å². The summed E-state index contributed by atoms with van der Waals surface area (Å²) in [7, 11) is 0. The fraction of sp³-hybridized carbons (Fsp3) is 0.467. The minimum Gasteiger partial charge on any atom is -0.507 e. The van der Waals surface area contributed by atoms with Crippen molar-refractivity contribution in [3.63, 3.8) is 0 Å². The molecule has 20 heavy (non-hydrogen) atoms. The zero-order valence-corrected chi connectivity index (χ0v) is 11.8. The summed E-state index contributed by atoms with van der Waals surface area (Å²) in [6.45, 7) is 4.13. The number of hydrogen-bond acceptors (Lipinski definition) is 3. The Bertz CT molecular complexity index is 542. The molecule has 0 radical (unpaired) electrons. The Hall–Kier alpha value is -2.04. The third-order valence-electron chi connectivity index (χ3n) is 3.93. The van der Waals surface area contributed by atoms with E-state index in [4.69, 9.17) is 5.73 Å². The predicted molar refractivity (Wildman–Crippen MR) is 75.3 cm³/mol. The van der Waals surface area contributed by atoms with Crippen LogP contribution in [-0.2, 0) is 4.79 Å². The summed E-state index contributed by atoms with van der Waals surface area (Å²) >= 11 is 0. The van der Waals surface area contributed by atoms with Crippen molar-refractivity contribution in [3.8, 4) is 5.75 Å². The summed E-state index contributed by atoms with van der Waals surface area (Å²) in [5.74, 6) is -0.955. The first kappa shape index (κ1) is 14.4. The van der Waals surface area contributed by atoms with Crippen molar-refractivity contribution >= 4 is 11.8 Å². The number of aromatic hydroxyl groups is 1. The van der Waals surface area contributed by atoms with Crippen LogP contribution in [0.4, 0.5) is 0 Å². The molecule has 3 N–H and O–H groups in total. The van der Waals surface area contributed by atoms with E-state index in [1.807, 2.05) is 13.8 Å². The zero-order valence-electron chi connectivity index (χ0n) is 11.8. The maximum absolute atomic E-state index is 12.6. The first-order valence-corrected chi connectivity index (χ1v) is 6.80. The number of phenolic OH excluding ortho intramolecular Hbond substituents is 1. The van der Waals surface area contributed by atoms with Gasteiger partial charge in [-0.1, -0.05) is 11.6 Å². The van der Waals surface area contributed by atoms with Crippen molar-refractivity contribution in [3.05, 3.63) is 29.3 Å². The van der Waals surface area contributed by atoms with E-state index < -0.39 is 0 Å². The number of amides is 2. The lowest BCUT2D eigenvalue weighted by molar-refractivity contribution is -0.123. The van der Waals surface area contributed by atoms with Gasteiger partial charge >= 0.3 is 0 Å². The van der Waals surface area contributed by atoms with Crippen molar-refractivity contribution in [1.82, 2.24) is 4.90 Å². The van der Waals surface area contributed by atoms with E-state index in [0.29, 0.717) is 13.0 Å². The van der Waals surface area contributed by atoms with Gasteiger partial charge < -0.3 is 15.7 Å². The second-order valence-corrected chi connectivity index (χ2v) is 5.50. The topological polar surface area (TPSA) is 83.6 Å². The molecule has 1 aliphatic rings. The second-order valence-electron chi connectivity index (χ2n) is 5.50. The molecule has 5 heteroatoms. The Morgan fingerprint density at radius 2 is 2.05 bits per heavy atom. The molecular formula is C15H20N2O3. The summed E-state index contributed by atoms with van der Waals surface area (Å²) < 4.78 is 0. The van der Waals surface area contributed by atoms with Crippen molar-refractivity contribution in [2.45, 2.75) is 32.7 Å². The Morgan fingerprint density at radius 1 is 1.35 bits per heavy atom. The number of likely N-dealkylation sites (tertiary alicyclic amines) is 1. The number of aryl methyl sites for hydroxylation is 1. The molecule has 2 amide bonds. The van der Waals surface area contributed by atoms with Crippen molar-refractivity contribution in [2.75, 3.05) is 6.54 Å². The second kappa shape index (κ2) is 5.53. The molecule has 1 aromatic rings. The lowest BCUT2D eigenvalue weighted by Crippen LogP contribution is -2.48. The number of benzene rings is 1. The van der Waals surface area contributed by atoms with Crippen LogP contribution in [0, 0.1) is 12.8 Å². The van der Waals surface area contributed by atoms with Crippen LogP contribution in [0.1, 0.15) is 35.7 Å². The van der Waals surface area contributed by atoms with Gasteiger partial charge in [0.05, 0.1) is 11.5 Å². The largest absolute Gasteiger partial charge is 0.507 e. The number of phenols is 1. The molecule has 0 saturated carbocycles. The van der Waals surface area contributed by atoms with Gasteiger partial charge in [-0.3, -0.25) is 9.59 Å². The molecule has 1 fully saturated rings. The maximum Gasteiger partial charge on any atom is 0.257 e. The Kier molecular flexibility index (Phi) is 3.97. The fourth-order valence-electron chi connectivity index (χ4n) is 2.60. The van der Waals surface area contributed by atoms with Crippen LogP contribution in [-0.4, -0.2) is 34.4 Å². The summed E-state index contributed by atoms with van der Waals surface area (Å²) in [5, 5.41) is 9.86. The molecule has 108 valence electrons. The van der Waals surface area contributed by atoms with Crippen molar-refractivity contribution in [2.24, 2.45) is 11.7 Å². The molecule has 1 heterocycles. The lowest BCUT2D eigenvalue weighted by atomic mass is 9.92. The van der Waals surface area contributed by atoms with Gasteiger partial charge in [0.15, 0.2) is 0 Å². The molecule has 1 saturated heterocycles. The highest BCUT2D eigenvalue weighted by Gasteiger charge is 2.32. The summed E-state index contributed by atoms with van der Waals surface area (Å²) in [6.07, 6.45) is 1.45. The van der Waals surface area contributed by atoms with E-state index in [-0.39, 0.29) is 35.1 Å². The van der Waals surface area contributed by atoms with Gasteiger partial charge in [-0.25, -0.2) is 0 Å². The van der Waals surface area contributed by atoms with E-state index in [2.05, 4.69) is 0 Å². The first-order chi connectivity index (χ1) is 9.40. The van der Waals surface area contributed by atoms with Crippen LogP contribution < -0.4 is 5.73 Å². The van der Waals surface area contributed by atoms with Gasteiger partial charge in [0, 0.05) is 12.6 Å². The SMILES string of the molecule is Cc1ccc(O)c(C(=O)N2CC(C(N)=O)CCC2C)c1. The Balaban J connectivity index is 2.26. The minimum atomic E-state index is -0.372. The third kappa shape index (κ3) is 2.76. The third-order valence-corrected chi connectivity index (χ3v) is 3.93. The summed E-state index contributed by atoms with van der Waals surface area (Å²) in [6, 6.07) is 4.97. The molecule has 1 aliphatic heterocycles. The average Bonchev–Trinajstić information content (AvgIpc) is 2.41. The average molecular weight is 276 g/mol. The van der Waals surface area contributed by atoms with Gasteiger partial charge in [0.2, 0.25) is 5.91 Å². The number of hydrogen-bond donors (Lipinski definition) is 2. The van der Waals surface area contributed by atoms with Crippen molar-refractivity contribution < 1.29 is 14.7 Å². The normalized spacial score (nSPS) is 22.6. The quantitative estimate of drug-likeness (QED) is 0.857. The Labute approximate surface area is 118 Å². The maximum atomic E-state index is 12.6. The number of nitrogens with two attached hydrogens (primary N) is 1. The number of piperidine rings is 1. The highest BCUT2D eigenvalue weighted by Crippen LogP contribution is 2.26. The molecule has 0 spiro atoms. The van der Waals surface area contributed by atoms with E-state index in [1.165, 1.54) is 6.07 Å². The van der Waals surface area contributed by atoms with Crippen molar-refractivity contribution in [1.29, 1.82) is 0 Å². The Morgan fingerprint density at radius 3 is 2.70 bits per heavy atom. The molecule has 2 atom stereocenters. The highest BCUT2D eigenvalue weighted by molar-refractivity contribution is 5.97. The minimum absolute atomic E-state index is 0.0333.